The van der Waals surface area contributed by atoms with Crippen molar-refractivity contribution in [1.82, 2.24) is 20.3 Å². The highest BCUT2D eigenvalue weighted by atomic mass is 32.1. The van der Waals surface area contributed by atoms with E-state index in [1.165, 1.54) is 12.4 Å². The molecule has 2 aromatic rings. The summed E-state index contributed by atoms with van der Waals surface area (Å²) < 4.78 is 39.1. The number of aromatic nitrogens is 3. The van der Waals surface area contributed by atoms with Crippen molar-refractivity contribution in [3.63, 3.8) is 0 Å². The fourth-order valence-corrected chi connectivity index (χ4v) is 2.67. The smallest absolute Gasteiger partial charge is 0.312 e. The van der Waals surface area contributed by atoms with Crippen LogP contribution in [-0.4, -0.2) is 21.5 Å². The molecule has 0 saturated carbocycles. The molecule has 0 unspecified atom stereocenters. The van der Waals surface area contributed by atoms with Crippen molar-refractivity contribution in [2.45, 2.75) is 26.6 Å². The molecule has 1 N–H and O–H groups in total. The van der Waals surface area contributed by atoms with E-state index in [2.05, 4.69) is 20.3 Å². The van der Waals surface area contributed by atoms with E-state index in [0.29, 0.717) is 12.5 Å². The first-order chi connectivity index (χ1) is 9.88. The van der Waals surface area contributed by atoms with Crippen LogP contribution in [0.5, 0.6) is 0 Å². The topological polar surface area (TPSA) is 50.7 Å². The van der Waals surface area contributed by atoms with Crippen LogP contribution in [0.3, 0.4) is 0 Å². The molecule has 0 bridgehead atoms. The number of hydrogen-bond donors (Lipinski definition) is 1. The van der Waals surface area contributed by atoms with Crippen LogP contribution in [-0.2, 0) is 12.7 Å². The van der Waals surface area contributed by atoms with Crippen LogP contribution in [0.1, 0.15) is 24.4 Å². The lowest BCUT2D eigenvalue weighted by molar-refractivity contribution is -0.141. The zero-order chi connectivity index (χ0) is 15.5. The summed E-state index contributed by atoms with van der Waals surface area (Å²) in [4.78, 5) is 11.7. The minimum Gasteiger partial charge on any atom is -0.312 e. The molecule has 0 aliphatic rings. The van der Waals surface area contributed by atoms with E-state index >= 15 is 0 Å². The van der Waals surface area contributed by atoms with Crippen molar-refractivity contribution in [2.75, 3.05) is 6.54 Å². The zero-order valence-electron chi connectivity index (χ0n) is 11.6. The van der Waals surface area contributed by atoms with Gasteiger partial charge in [0.2, 0.25) is 0 Å². The van der Waals surface area contributed by atoms with Crippen LogP contribution < -0.4 is 5.32 Å². The lowest BCUT2D eigenvalue weighted by Gasteiger charge is -2.08. The molecule has 0 radical (unpaired) electrons. The van der Waals surface area contributed by atoms with Crippen LogP contribution in [0.4, 0.5) is 13.2 Å². The van der Waals surface area contributed by atoms with E-state index in [1.54, 1.807) is 6.07 Å². The van der Waals surface area contributed by atoms with Crippen molar-refractivity contribution < 1.29 is 13.2 Å². The molecular weight excluding hydrogens is 301 g/mol. The Balaban J connectivity index is 2.28. The van der Waals surface area contributed by atoms with Gasteiger partial charge >= 0.3 is 6.18 Å². The minimum absolute atomic E-state index is 0.136. The number of thiazole rings is 1. The van der Waals surface area contributed by atoms with E-state index in [9.17, 15) is 13.2 Å². The summed E-state index contributed by atoms with van der Waals surface area (Å²) in [5, 5.41) is 3.19. The van der Waals surface area contributed by atoms with Gasteiger partial charge in [0.25, 0.3) is 0 Å². The Hall–Kier alpha value is -1.54. The largest absolute Gasteiger partial charge is 0.434 e. The highest BCUT2D eigenvalue weighted by molar-refractivity contribution is 7.15. The Labute approximate surface area is 124 Å². The number of rotatable bonds is 5. The molecule has 2 aromatic heterocycles. The highest BCUT2D eigenvalue weighted by Crippen LogP contribution is 2.36. The van der Waals surface area contributed by atoms with Gasteiger partial charge in [0.1, 0.15) is 0 Å². The second kappa shape index (κ2) is 6.48. The second-order valence-electron chi connectivity index (χ2n) is 4.89. The Bertz CT molecular complexity index is 581. The van der Waals surface area contributed by atoms with Crippen LogP contribution in [0.25, 0.3) is 10.8 Å². The molecule has 0 spiro atoms. The molecule has 4 nitrogen and oxygen atoms in total. The Morgan fingerprint density at radius 1 is 1.24 bits per heavy atom. The number of halogens is 3. The standard InChI is InChI=1S/C13H15F3N4S/c1-8(2)6-17-7-9-10(13(14,15)16)20-12(21-9)11-18-4-3-5-19-11/h3-5,8,17H,6-7H2,1-2H3. The third-order valence-electron chi connectivity index (χ3n) is 2.56. The molecule has 8 heteroatoms. The molecule has 0 amide bonds. The fourth-order valence-electron chi connectivity index (χ4n) is 1.67. The maximum Gasteiger partial charge on any atom is 0.434 e. The summed E-state index contributed by atoms with van der Waals surface area (Å²) >= 11 is 0.973. The Morgan fingerprint density at radius 3 is 2.48 bits per heavy atom. The predicted molar refractivity (Wildman–Crippen MR) is 74.7 cm³/mol. The number of hydrogen-bond acceptors (Lipinski definition) is 5. The quantitative estimate of drug-likeness (QED) is 0.919. The molecular formula is C13H15F3N4S. The average Bonchev–Trinajstić information content (AvgIpc) is 2.83. The molecule has 0 fully saturated rings. The Kier molecular flexibility index (Phi) is 4.89. The first-order valence-electron chi connectivity index (χ1n) is 6.43. The van der Waals surface area contributed by atoms with Gasteiger partial charge in [-0.25, -0.2) is 15.0 Å². The van der Waals surface area contributed by atoms with Crippen molar-refractivity contribution in [1.29, 1.82) is 0 Å². The summed E-state index contributed by atoms with van der Waals surface area (Å²) in [7, 11) is 0. The van der Waals surface area contributed by atoms with Crippen molar-refractivity contribution >= 4 is 11.3 Å². The van der Waals surface area contributed by atoms with Crippen LogP contribution in [0.15, 0.2) is 18.5 Å². The molecule has 0 aliphatic heterocycles. The van der Waals surface area contributed by atoms with E-state index in [1.807, 2.05) is 13.8 Å². The zero-order valence-corrected chi connectivity index (χ0v) is 12.4. The van der Waals surface area contributed by atoms with Gasteiger partial charge < -0.3 is 5.32 Å². The number of nitrogens with zero attached hydrogens (tertiary/aromatic N) is 3. The van der Waals surface area contributed by atoms with E-state index < -0.39 is 11.9 Å². The molecule has 0 aliphatic carbocycles. The summed E-state index contributed by atoms with van der Waals surface area (Å²) in [5.74, 6) is 0.576. The van der Waals surface area contributed by atoms with Crippen molar-refractivity contribution in [3.05, 3.63) is 29.0 Å². The first kappa shape index (κ1) is 15.8. The molecule has 2 rings (SSSR count). The summed E-state index contributed by atoms with van der Waals surface area (Å²) in [6.07, 6.45) is -1.51. The van der Waals surface area contributed by atoms with Gasteiger partial charge in [-0.05, 0) is 18.5 Å². The second-order valence-corrected chi connectivity index (χ2v) is 5.97. The van der Waals surface area contributed by atoms with Gasteiger partial charge in [0, 0.05) is 18.9 Å². The third-order valence-corrected chi connectivity index (χ3v) is 3.61. The van der Waals surface area contributed by atoms with Crippen molar-refractivity contribution in [2.24, 2.45) is 5.92 Å². The van der Waals surface area contributed by atoms with Gasteiger partial charge in [0.05, 0.1) is 4.88 Å². The molecule has 0 atom stereocenters. The first-order valence-corrected chi connectivity index (χ1v) is 7.24. The lowest BCUT2D eigenvalue weighted by atomic mass is 10.2. The van der Waals surface area contributed by atoms with Gasteiger partial charge in [0.15, 0.2) is 16.5 Å². The lowest BCUT2D eigenvalue weighted by Crippen LogP contribution is -2.20. The fraction of sp³-hybridized carbons (Fsp3) is 0.462. The van der Waals surface area contributed by atoms with E-state index in [-0.39, 0.29) is 22.3 Å². The van der Waals surface area contributed by atoms with Gasteiger partial charge in [-0.3, -0.25) is 0 Å². The third kappa shape index (κ3) is 4.21. The van der Waals surface area contributed by atoms with Gasteiger partial charge in [-0.15, -0.1) is 11.3 Å². The predicted octanol–water partition coefficient (Wildman–Crippen LogP) is 3.36. The van der Waals surface area contributed by atoms with Crippen LogP contribution >= 0.6 is 11.3 Å². The normalized spacial score (nSPS) is 12.1. The van der Waals surface area contributed by atoms with Crippen molar-refractivity contribution in [3.8, 4) is 10.8 Å². The Morgan fingerprint density at radius 2 is 1.90 bits per heavy atom. The minimum atomic E-state index is -4.47. The highest BCUT2D eigenvalue weighted by Gasteiger charge is 2.37. The summed E-state index contributed by atoms with van der Waals surface area (Å²) in [5.41, 5.74) is -0.855. The SMILES string of the molecule is CC(C)CNCc1sc(-c2ncccn2)nc1C(F)(F)F. The summed E-state index contributed by atoms with van der Waals surface area (Å²) in [6.45, 7) is 4.77. The molecule has 2 heterocycles. The van der Waals surface area contributed by atoms with Gasteiger partial charge in [-0.1, -0.05) is 13.8 Å². The molecule has 114 valence electrons. The molecule has 0 saturated heterocycles. The van der Waals surface area contributed by atoms with Crippen LogP contribution in [0.2, 0.25) is 0 Å². The van der Waals surface area contributed by atoms with Gasteiger partial charge in [-0.2, -0.15) is 13.2 Å². The maximum absolute atomic E-state index is 13.0. The summed E-state index contributed by atoms with van der Waals surface area (Å²) in [6, 6.07) is 1.60. The average molecular weight is 316 g/mol. The molecule has 21 heavy (non-hydrogen) atoms. The molecule has 0 aromatic carbocycles. The van der Waals surface area contributed by atoms with Crippen LogP contribution in [0, 0.1) is 5.92 Å². The number of nitrogens with one attached hydrogen (secondary N) is 1. The van der Waals surface area contributed by atoms with E-state index in [4.69, 9.17) is 0 Å². The van der Waals surface area contributed by atoms with E-state index in [0.717, 1.165) is 11.3 Å². The number of alkyl halides is 3. The monoisotopic (exact) mass is 316 g/mol. The maximum atomic E-state index is 13.0.